The highest BCUT2D eigenvalue weighted by Crippen LogP contribution is 2.41. The number of hydrogen-bond acceptors (Lipinski definition) is 6. The summed E-state index contributed by atoms with van der Waals surface area (Å²) in [4.78, 5) is 31.7. The Bertz CT molecular complexity index is 1240. The number of rotatable bonds is 4. The molecule has 0 aliphatic carbocycles. The second kappa shape index (κ2) is 12.7. The van der Waals surface area contributed by atoms with Crippen molar-refractivity contribution >= 4 is 17.7 Å². The van der Waals surface area contributed by atoms with E-state index in [1.54, 1.807) is 31.7 Å². The van der Waals surface area contributed by atoms with Crippen molar-refractivity contribution in [1.29, 1.82) is 0 Å². The Balaban J connectivity index is 0.00000198. The van der Waals surface area contributed by atoms with Gasteiger partial charge in [-0.25, -0.2) is 9.59 Å². The van der Waals surface area contributed by atoms with Gasteiger partial charge in [-0.2, -0.15) is 23.0 Å². The average Bonchev–Trinajstić information content (AvgIpc) is 3.71. The molecular weight excluding hydrogens is 547 g/mol. The quantitative estimate of drug-likeness (QED) is 0.374. The van der Waals surface area contributed by atoms with Gasteiger partial charge in [0.2, 0.25) is 0 Å². The lowest BCUT2D eigenvalue weighted by Gasteiger charge is -2.45. The summed E-state index contributed by atoms with van der Waals surface area (Å²) in [5.41, 5.74) is 0.364. The predicted molar refractivity (Wildman–Crippen MR) is 156 cm³/mol. The van der Waals surface area contributed by atoms with Crippen molar-refractivity contribution in [1.82, 2.24) is 19.6 Å². The smallest absolute Gasteiger partial charge is 0.416 e. The molecule has 42 heavy (non-hydrogen) atoms. The zero-order valence-corrected chi connectivity index (χ0v) is 25.5. The largest absolute Gasteiger partial charge is 0.455 e. The Morgan fingerprint density at radius 2 is 1.60 bits per heavy atom. The zero-order valence-electron chi connectivity index (χ0n) is 25.5. The minimum Gasteiger partial charge on any atom is -0.455 e. The molecule has 0 saturated carbocycles. The molecule has 3 aliphatic heterocycles. The van der Waals surface area contributed by atoms with Gasteiger partial charge in [0.1, 0.15) is 5.60 Å². The summed E-state index contributed by atoms with van der Waals surface area (Å²) >= 11 is 0. The summed E-state index contributed by atoms with van der Waals surface area (Å²) in [6, 6.07) is 5.38. The lowest BCUT2D eigenvalue weighted by Crippen LogP contribution is -2.53. The van der Waals surface area contributed by atoms with Crippen molar-refractivity contribution in [3.8, 4) is 0 Å². The van der Waals surface area contributed by atoms with Crippen LogP contribution in [0.3, 0.4) is 0 Å². The van der Waals surface area contributed by atoms with E-state index < -0.39 is 23.3 Å². The maximum absolute atomic E-state index is 13.5. The monoisotopic (exact) mass is 591 g/mol. The van der Waals surface area contributed by atoms with Crippen LogP contribution in [0, 0.1) is 0 Å². The van der Waals surface area contributed by atoms with Gasteiger partial charge >= 0.3 is 18.2 Å². The summed E-state index contributed by atoms with van der Waals surface area (Å²) in [6.07, 6.45) is 2.66. The third kappa shape index (κ3) is 7.10. The lowest BCUT2D eigenvalue weighted by molar-refractivity contribution is -0.137. The van der Waals surface area contributed by atoms with Crippen LogP contribution in [0.5, 0.6) is 0 Å². The van der Waals surface area contributed by atoms with Crippen molar-refractivity contribution in [2.75, 3.05) is 37.6 Å². The van der Waals surface area contributed by atoms with E-state index in [0.29, 0.717) is 25.3 Å². The van der Waals surface area contributed by atoms with Gasteiger partial charge in [-0.3, -0.25) is 4.90 Å². The molecule has 3 saturated heterocycles. The van der Waals surface area contributed by atoms with Crippen molar-refractivity contribution in [3.63, 3.8) is 0 Å². The number of aromatic nitrogens is 2. The molecule has 1 amide bonds. The summed E-state index contributed by atoms with van der Waals surface area (Å²) in [7, 11) is 0. The minimum absolute atomic E-state index is 0.0871. The second-order valence-corrected chi connectivity index (χ2v) is 12.2. The molecule has 8 nitrogen and oxygen atoms in total. The SMILES string of the molecule is CC.CC(C)(C)OC(=O)c1ccn(C(=O)N2CCC3(CCCN3Cc3ccc(C(F)(F)F)cc3N3CCCC3)CC2)n1. The van der Waals surface area contributed by atoms with Crippen molar-refractivity contribution in [2.45, 2.75) is 97.0 Å². The van der Waals surface area contributed by atoms with Gasteiger partial charge in [0.15, 0.2) is 5.69 Å². The van der Waals surface area contributed by atoms with Crippen molar-refractivity contribution in [2.24, 2.45) is 0 Å². The van der Waals surface area contributed by atoms with E-state index in [9.17, 15) is 22.8 Å². The van der Waals surface area contributed by atoms with E-state index in [1.165, 1.54) is 29.1 Å². The van der Waals surface area contributed by atoms with E-state index in [4.69, 9.17) is 4.74 Å². The fraction of sp³-hybridized carbons (Fsp3) is 0.645. The maximum Gasteiger partial charge on any atom is 0.416 e. The number of carbonyl (C=O) groups excluding carboxylic acids is 2. The summed E-state index contributed by atoms with van der Waals surface area (Å²) in [6.45, 7) is 13.4. The first-order valence-electron chi connectivity index (χ1n) is 15.1. The molecule has 232 valence electrons. The van der Waals surface area contributed by atoms with Crippen LogP contribution in [0.4, 0.5) is 23.7 Å². The number of ether oxygens (including phenoxy) is 1. The molecule has 1 aromatic carbocycles. The van der Waals surface area contributed by atoms with E-state index >= 15 is 0 Å². The highest BCUT2D eigenvalue weighted by atomic mass is 19.4. The molecule has 0 atom stereocenters. The number of alkyl halides is 3. The van der Waals surface area contributed by atoms with Gasteiger partial charge in [0, 0.05) is 50.1 Å². The number of benzene rings is 1. The van der Waals surface area contributed by atoms with Gasteiger partial charge in [-0.05, 0) is 89.6 Å². The highest BCUT2D eigenvalue weighted by Gasteiger charge is 2.44. The number of likely N-dealkylation sites (tertiary alicyclic amines) is 2. The minimum atomic E-state index is -4.37. The first-order chi connectivity index (χ1) is 19.8. The van der Waals surface area contributed by atoms with Gasteiger partial charge < -0.3 is 14.5 Å². The number of halogens is 3. The maximum atomic E-state index is 13.5. The molecule has 0 bridgehead atoms. The van der Waals surface area contributed by atoms with Gasteiger partial charge in [0.05, 0.1) is 5.56 Å². The Morgan fingerprint density at radius 3 is 2.21 bits per heavy atom. The van der Waals surface area contributed by atoms with Gasteiger partial charge in [0.25, 0.3) is 0 Å². The number of carbonyl (C=O) groups is 2. The van der Waals surface area contributed by atoms with Crippen LogP contribution in [-0.4, -0.2) is 75.4 Å². The Hall–Kier alpha value is -3.08. The number of amides is 1. The van der Waals surface area contributed by atoms with Crippen molar-refractivity contribution in [3.05, 3.63) is 47.3 Å². The summed E-state index contributed by atoms with van der Waals surface area (Å²) in [5.74, 6) is -0.574. The molecule has 0 unspecified atom stereocenters. The molecule has 1 aromatic heterocycles. The summed E-state index contributed by atoms with van der Waals surface area (Å²) in [5, 5.41) is 4.16. The third-order valence-electron chi connectivity index (χ3n) is 8.32. The van der Waals surface area contributed by atoms with Crippen molar-refractivity contribution < 1.29 is 27.5 Å². The molecule has 3 aliphatic rings. The molecule has 3 fully saturated rings. The molecule has 0 radical (unpaired) electrons. The molecule has 11 heteroatoms. The first-order valence-corrected chi connectivity index (χ1v) is 15.1. The predicted octanol–water partition coefficient (Wildman–Crippen LogP) is 6.58. The normalized spacial score (nSPS) is 19.1. The Morgan fingerprint density at radius 1 is 0.929 bits per heavy atom. The van der Waals surface area contributed by atoms with Crippen LogP contribution >= 0.6 is 0 Å². The number of hydrogen-bond donors (Lipinski definition) is 0. The average molecular weight is 592 g/mol. The zero-order chi connectivity index (χ0) is 30.7. The summed E-state index contributed by atoms with van der Waals surface area (Å²) < 4.78 is 47.1. The fourth-order valence-electron chi connectivity index (χ4n) is 6.27. The Kier molecular flexibility index (Phi) is 9.59. The van der Waals surface area contributed by atoms with Gasteiger partial charge in [-0.15, -0.1) is 0 Å². The highest BCUT2D eigenvalue weighted by molar-refractivity contribution is 5.88. The van der Waals surface area contributed by atoms with Crippen LogP contribution in [0.2, 0.25) is 0 Å². The fourth-order valence-corrected chi connectivity index (χ4v) is 6.27. The van der Waals surface area contributed by atoms with E-state index in [-0.39, 0.29) is 17.3 Å². The third-order valence-corrected chi connectivity index (χ3v) is 8.32. The molecule has 5 rings (SSSR count). The molecule has 1 spiro atoms. The van der Waals surface area contributed by atoms with E-state index in [0.717, 1.165) is 63.7 Å². The number of piperidine rings is 1. The molecule has 4 heterocycles. The topological polar surface area (TPSA) is 70.9 Å². The van der Waals surface area contributed by atoms with Crippen LogP contribution < -0.4 is 4.90 Å². The number of esters is 1. The molecule has 0 N–H and O–H groups in total. The van der Waals surface area contributed by atoms with Crippen LogP contribution in [0.15, 0.2) is 30.5 Å². The van der Waals surface area contributed by atoms with Crippen LogP contribution in [0.25, 0.3) is 0 Å². The second-order valence-electron chi connectivity index (χ2n) is 12.2. The van der Waals surface area contributed by atoms with Crippen LogP contribution in [-0.2, 0) is 17.5 Å². The number of anilines is 1. The molecule has 2 aromatic rings. The first kappa shape index (κ1) is 31.8. The van der Waals surface area contributed by atoms with E-state index in [1.807, 2.05) is 13.8 Å². The molecular formula is C31H44F3N5O3. The lowest BCUT2D eigenvalue weighted by atomic mass is 9.84. The number of nitrogens with zero attached hydrogens (tertiary/aromatic N) is 5. The Labute approximate surface area is 246 Å². The van der Waals surface area contributed by atoms with Gasteiger partial charge in [-0.1, -0.05) is 19.9 Å². The van der Waals surface area contributed by atoms with E-state index in [2.05, 4.69) is 14.9 Å². The standard InChI is InChI=1S/C29H38F3N5O3.C2H6/c1-27(2,3)40-25(38)23-9-16-37(33-23)26(39)35-17-11-28(12-18-35)10-6-15-36(28)20-21-7-8-22(29(30,31)32)19-24(21)34-13-4-5-14-34;1-2/h7-9,16,19H,4-6,10-15,17-18,20H2,1-3H3;1-2H3. The van der Waals surface area contributed by atoms with Crippen LogP contribution in [0.1, 0.15) is 94.8 Å².